The van der Waals surface area contributed by atoms with Crippen LogP contribution in [0.15, 0.2) is 42.5 Å². The number of carbonyl (C=O) groups is 1. The highest BCUT2D eigenvalue weighted by molar-refractivity contribution is 7.89. The number of piperidine rings is 1. The Morgan fingerprint density at radius 2 is 1.87 bits per heavy atom. The molecule has 0 saturated carbocycles. The SMILES string of the molecule is COc1ccccc1C(=O)NC(C1(c2cc(F)ccc2F)CCNCC1)S(N)(=O)=O. The summed E-state index contributed by atoms with van der Waals surface area (Å²) >= 11 is 0. The number of carbonyl (C=O) groups excluding carboxylic acids is 1. The van der Waals surface area contributed by atoms with Gasteiger partial charge in [0.1, 0.15) is 17.4 Å². The molecule has 0 spiro atoms. The van der Waals surface area contributed by atoms with Crippen molar-refractivity contribution in [3.8, 4) is 5.75 Å². The van der Waals surface area contributed by atoms with Crippen molar-refractivity contribution in [2.45, 2.75) is 23.6 Å². The van der Waals surface area contributed by atoms with E-state index in [2.05, 4.69) is 10.6 Å². The lowest BCUT2D eigenvalue weighted by Gasteiger charge is -2.43. The Morgan fingerprint density at radius 3 is 2.50 bits per heavy atom. The van der Waals surface area contributed by atoms with Crippen LogP contribution in [0.1, 0.15) is 28.8 Å². The van der Waals surface area contributed by atoms with Crippen LogP contribution in [0.5, 0.6) is 5.75 Å². The molecule has 10 heteroatoms. The predicted molar refractivity (Wildman–Crippen MR) is 107 cm³/mol. The monoisotopic (exact) mass is 439 g/mol. The number of hydrogen-bond donors (Lipinski definition) is 3. The number of sulfonamides is 1. The van der Waals surface area contributed by atoms with Crippen LogP contribution < -0.4 is 20.5 Å². The zero-order valence-electron chi connectivity index (χ0n) is 16.3. The predicted octanol–water partition coefficient (Wildman–Crippen LogP) is 1.64. The van der Waals surface area contributed by atoms with Gasteiger partial charge in [-0.1, -0.05) is 12.1 Å². The summed E-state index contributed by atoms with van der Waals surface area (Å²) < 4.78 is 59.2. The van der Waals surface area contributed by atoms with Gasteiger partial charge < -0.3 is 15.4 Å². The smallest absolute Gasteiger partial charge is 0.256 e. The molecule has 30 heavy (non-hydrogen) atoms. The van der Waals surface area contributed by atoms with Gasteiger partial charge in [0.15, 0.2) is 5.37 Å². The third-order valence-corrected chi connectivity index (χ3v) is 6.63. The highest BCUT2D eigenvalue weighted by Gasteiger charge is 2.49. The molecule has 1 amide bonds. The molecule has 1 fully saturated rings. The molecule has 1 saturated heterocycles. The van der Waals surface area contributed by atoms with E-state index in [0.717, 1.165) is 18.2 Å². The summed E-state index contributed by atoms with van der Waals surface area (Å²) in [5.74, 6) is -1.99. The molecule has 3 rings (SSSR count). The molecular weight excluding hydrogens is 416 g/mol. The lowest BCUT2D eigenvalue weighted by atomic mass is 9.72. The van der Waals surface area contributed by atoms with Crippen molar-refractivity contribution in [2.75, 3.05) is 20.2 Å². The van der Waals surface area contributed by atoms with Crippen LogP contribution in [0.2, 0.25) is 0 Å². The Hall–Kier alpha value is -2.56. The Labute approximate surface area is 173 Å². The van der Waals surface area contributed by atoms with Crippen LogP contribution in [-0.2, 0) is 15.4 Å². The van der Waals surface area contributed by atoms with Crippen LogP contribution in [-0.4, -0.2) is 39.9 Å². The fourth-order valence-electron chi connectivity index (χ4n) is 3.99. The summed E-state index contributed by atoms with van der Waals surface area (Å²) in [6.45, 7) is 0.680. The molecule has 4 N–H and O–H groups in total. The molecule has 0 radical (unpaired) electrons. The maximum Gasteiger partial charge on any atom is 0.256 e. The largest absolute Gasteiger partial charge is 0.496 e. The van der Waals surface area contributed by atoms with Crippen LogP contribution in [0.4, 0.5) is 8.78 Å². The number of halogens is 2. The molecule has 2 aromatic carbocycles. The molecular formula is C20H23F2N3O4S. The van der Waals surface area contributed by atoms with E-state index < -0.39 is 38.4 Å². The second kappa shape index (κ2) is 8.66. The number of nitrogens with two attached hydrogens (primary N) is 1. The Balaban J connectivity index is 2.12. The van der Waals surface area contributed by atoms with Crippen molar-refractivity contribution in [3.63, 3.8) is 0 Å². The summed E-state index contributed by atoms with van der Waals surface area (Å²) in [6.07, 6.45) is 0.251. The highest BCUT2D eigenvalue weighted by Crippen LogP contribution is 2.40. The number of benzene rings is 2. The van der Waals surface area contributed by atoms with Gasteiger partial charge in [-0.2, -0.15) is 0 Å². The van der Waals surface area contributed by atoms with Gasteiger partial charge in [0.25, 0.3) is 5.91 Å². The van der Waals surface area contributed by atoms with Gasteiger partial charge in [-0.05, 0) is 56.3 Å². The van der Waals surface area contributed by atoms with Gasteiger partial charge in [0.05, 0.1) is 12.7 Å². The highest BCUT2D eigenvalue weighted by atomic mass is 32.2. The van der Waals surface area contributed by atoms with Crippen molar-refractivity contribution in [2.24, 2.45) is 5.14 Å². The van der Waals surface area contributed by atoms with E-state index >= 15 is 0 Å². The van der Waals surface area contributed by atoms with Gasteiger partial charge in [-0.3, -0.25) is 4.79 Å². The number of amides is 1. The molecule has 0 aliphatic carbocycles. The first-order chi connectivity index (χ1) is 14.2. The third kappa shape index (κ3) is 4.30. The molecule has 1 unspecified atom stereocenters. The van der Waals surface area contributed by atoms with E-state index in [1.807, 2.05) is 0 Å². The van der Waals surface area contributed by atoms with E-state index in [1.165, 1.54) is 13.2 Å². The molecule has 1 aliphatic rings. The summed E-state index contributed by atoms with van der Waals surface area (Å²) in [5.41, 5.74) is -1.50. The minimum atomic E-state index is -4.41. The summed E-state index contributed by atoms with van der Waals surface area (Å²) in [4.78, 5) is 13.0. The van der Waals surface area contributed by atoms with E-state index in [4.69, 9.17) is 9.88 Å². The van der Waals surface area contributed by atoms with E-state index in [9.17, 15) is 22.0 Å². The molecule has 162 valence electrons. The van der Waals surface area contributed by atoms with Gasteiger partial charge in [-0.15, -0.1) is 0 Å². The van der Waals surface area contributed by atoms with Crippen LogP contribution in [0, 0.1) is 11.6 Å². The van der Waals surface area contributed by atoms with Crippen LogP contribution >= 0.6 is 0 Å². The van der Waals surface area contributed by atoms with Crippen molar-refractivity contribution in [1.29, 1.82) is 0 Å². The van der Waals surface area contributed by atoms with Crippen molar-refractivity contribution in [1.82, 2.24) is 10.6 Å². The maximum atomic E-state index is 14.8. The number of hydrogen-bond acceptors (Lipinski definition) is 5. The number of primary sulfonamides is 1. The van der Waals surface area contributed by atoms with Crippen LogP contribution in [0.25, 0.3) is 0 Å². The molecule has 0 bridgehead atoms. The Bertz CT molecular complexity index is 1040. The second-order valence-corrected chi connectivity index (χ2v) is 8.82. The summed E-state index contributed by atoms with van der Waals surface area (Å²) in [5, 5.41) is 9.35. The molecule has 7 nitrogen and oxygen atoms in total. The fourth-order valence-corrected chi connectivity index (χ4v) is 5.25. The topological polar surface area (TPSA) is 111 Å². The number of para-hydroxylation sites is 1. The van der Waals surface area contributed by atoms with Crippen LogP contribution in [0.3, 0.4) is 0 Å². The van der Waals surface area contributed by atoms with Gasteiger partial charge in [0.2, 0.25) is 10.0 Å². The fraction of sp³-hybridized carbons (Fsp3) is 0.350. The lowest BCUT2D eigenvalue weighted by molar-refractivity contribution is 0.0921. The first-order valence-electron chi connectivity index (χ1n) is 9.31. The number of nitrogens with one attached hydrogen (secondary N) is 2. The van der Waals surface area contributed by atoms with Gasteiger partial charge in [0, 0.05) is 11.0 Å². The normalized spacial score (nSPS) is 17.2. The molecule has 1 heterocycles. The average Bonchev–Trinajstić information content (AvgIpc) is 2.73. The zero-order valence-corrected chi connectivity index (χ0v) is 17.1. The number of methoxy groups -OCH3 is 1. The zero-order chi connectivity index (χ0) is 21.9. The number of rotatable bonds is 6. The molecule has 1 atom stereocenters. The second-order valence-electron chi connectivity index (χ2n) is 7.17. The van der Waals surface area contributed by atoms with Gasteiger partial charge in [-0.25, -0.2) is 22.3 Å². The third-order valence-electron chi connectivity index (χ3n) is 5.40. The summed E-state index contributed by atoms with van der Waals surface area (Å²) in [7, 11) is -3.04. The van der Waals surface area contributed by atoms with E-state index in [-0.39, 0.29) is 29.7 Å². The minimum Gasteiger partial charge on any atom is -0.496 e. The summed E-state index contributed by atoms with van der Waals surface area (Å²) in [6, 6.07) is 9.12. The lowest BCUT2D eigenvalue weighted by Crippen LogP contribution is -2.60. The first-order valence-corrected chi connectivity index (χ1v) is 10.9. The standard InChI is InChI=1S/C20H23F2N3O4S/c1-29-17-5-3-2-4-14(17)18(26)25-19(30(23,27)28)20(8-10-24-11-9-20)15-12-13(21)6-7-16(15)22/h2-7,12,19,24H,8-11H2,1H3,(H,25,26)(H2,23,27,28). The number of ether oxygens (including phenoxy) is 1. The van der Waals surface area contributed by atoms with Crippen molar-refractivity contribution < 1.29 is 26.7 Å². The molecule has 1 aliphatic heterocycles. The average molecular weight is 439 g/mol. The maximum absolute atomic E-state index is 14.8. The van der Waals surface area contributed by atoms with E-state index in [1.54, 1.807) is 18.2 Å². The van der Waals surface area contributed by atoms with E-state index in [0.29, 0.717) is 13.1 Å². The first kappa shape index (κ1) is 22.1. The molecule has 0 aromatic heterocycles. The Kier molecular flexibility index (Phi) is 6.39. The van der Waals surface area contributed by atoms with Crippen molar-refractivity contribution in [3.05, 3.63) is 65.2 Å². The van der Waals surface area contributed by atoms with Gasteiger partial charge >= 0.3 is 0 Å². The van der Waals surface area contributed by atoms with Crippen molar-refractivity contribution >= 4 is 15.9 Å². The minimum absolute atomic E-state index is 0.0949. The Morgan fingerprint density at radius 1 is 1.20 bits per heavy atom. The molecule has 2 aromatic rings. The quantitative estimate of drug-likeness (QED) is 0.634.